The molecule has 0 radical (unpaired) electrons. The summed E-state index contributed by atoms with van der Waals surface area (Å²) in [6, 6.07) is 12.8. The molecule has 0 amide bonds. The first-order valence-electron chi connectivity index (χ1n) is 5.08. The molecular weight excluding hydrogens is 240 g/mol. The molecule has 0 bridgehead atoms. The summed E-state index contributed by atoms with van der Waals surface area (Å²) in [5.74, 6) is -1.41. The van der Waals surface area contributed by atoms with Gasteiger partial charge in [0.25, 0.3) is 0 Å². The van der Waals surface area contributed by atoms with Gasteiger partial charge in [0.05, 0.1) is 5.56 Å². The summed E-state index contributed by atoms with van der Waals surface area (Å²) >= 11 is 0. The highest BCUT2D eigenvalue weighted by atomic mass is 24.3. The third-order valence-electron chi connectivity index (χ3n) is 2.35. The third kappa shape index (κ3) is 3.18. The van der Waals surface area contributed by atoms with Crippen LogP contribution >= 0.6 is 0 Å². The van der Waals surface area contributed by atoms with E-state index in [1.54, 1.807) is 12.1 Å². The molecular formula is C14H12MgO3. The summed E-state index contributed by atoms with van der Waals surface area (Å²) in [7, 11) is 0. The number of ether oxygens (including phenoxy) is 1. The zero-order valence-electron chi connectivity index (χ0n) is 9.05. The van der Waals surface area contributed by atoms with Gasteiger partial charge in [0.2, 0.25) is 0 Å². The van der Waals surface area contributed by atoms with Crippen molar-refractivity contribution in [2.45, 2.75) is 0 Å². The zero-order chi connectivity index (χ0) is 12.3. The molecule has 0 N–H and O–H groups in total. The lowest BCUT2D eigenvalue weighted by Crippen LogP contribution is -2.09. The fraction of sp³-hybridized carbons (Fsp3) is 0. The topological polar surface area (TPSA) is 43.4 Å². The Labute approximate surface area is 121 Å². The Morgan fingerprint density at radius 1 is 1.06 bits per heavy atom. The molecule has 0 heterocycles. The quantitative estimate of drug-likeness (QED) is 0.354. The molecule has 0 unspecified atom stereocenters. The molecule has 2 aromatic carbocycles. The van der Waals surface area contributed by atoms with Gasteiger partial charge in [-0.3, -0.25) is 0 Å². The molecule has 4 heteroatoms. The van der Waals surface area contributed by atoms with Crippen LogP contribution in [0.25, 0.3) is 10.8 Å². The van der Waals surface area contributed by atoms with Gasteiger partial charge in [-0.05, 0) is 22.9 Å². The van der Waals surface area contributed by atoms with Gasteiger partial charge >= 0.3 is 35.0 Å². The molecule has 0 aromatic heterocycles. The molecule has 88 valence electrons. The summed E-state index contributed by atoms with van der Waals surface area (Å²) < 4.78 is 4.54. The van der Waals surface area contributed by atoms with E-state index in [2.05, 4.69) is 11.3 Å². The summed E-state index contributed by atoms with van der Waals surface area (Å²) in [4.78, 5) is 22.5. The molecule has 0 spiro atoms. The second kappa shape index (κ2) is 6.33. The monoisotopic (exact) mass is 252 g/mol. The normalized spacial score (nSPS) is 9.33. The van der Waals surface area contributed by atoms with E-state index in [9.17, 15) is 9.59 Å². The van der Waals surface area contributed by atoms with Crippen LogP contribution in [-0.4, -0.2) is 35.0 Å². The van der Waals surface area contributed by atoms with Crippen molar-refractivity contribution in [3.05, 3.63) is 60.7 Å². The minimum absolute atomic E-state index is 0. The highest BCUT2D eigenvalue weighted by Crippen LogP contribution is 2.16. The molecule has 2 aromatic rings. The third-order valence-corrected chi connectivity index (χ3v) is 2.35. The molecule has 0 atom stereocenters. The van der Waals surface area contributed by atoms with E-state index in [1.165, 1.54) is 0 Å². The molecule has 2 rings (SSSR count). The molecule has 0 saturated heterocycles. The van der Waals surface area contributed by atoms with Crippen molar-refractivity contribution in [3.63, 3.8) is 0 Å². The highest BCUT2D eigenvalue weighted by molar-refractivity contribution is 6.02. The average Bonchev–Trinajstić information content (AvgIpc) is 2.38. The second-order valence-corrected chi connectivity index (χ2v) is 3.47. The summed E-state index contributed by atoms with van der Waals surface area (Å²) in [6.07, 6.45) is 0.957. The van der Waals surface area contributed by atoms with Crippen LogP contribution in [0.3, 0.4) is 0 Å². The van der Waals surface area contributed by atoms with Crippen LogP contribution in [0, 0.1) is 0 Å². The first-order valence-corrected chi connectivity index (χ1v) is 5.08. The van der Waals surface area contributed by atoms with Crippen molar-refractivity contribution in [1.82, 2.24) is 0 Å². The maximum atomic E-state index is 11.6. The number of carbonyl (C=O) groups is 2. The van der Waals surface area contributed by atoms with Crippen molar-refractivity contribution in [2.75, 3.05) is 0 Å². The van der Waals surface area contributed by atoms with E-state index in [4.69, 9.17) is 0 Å². The first kappa shape index (κ1) is 14.4. The lowest BCUT2D eigenvalue weighted by atomic mass is 10.1. The van der Waals surface area contributed by atoms with Gasteiger partial charge in [-0.2, -0.15) is 0 Å². The van der Waals surface area contributed by atoms with Crippen LogP contribution < -0.4 is 0 Å². The van der Waals surface area contributed by atoms with Gasteiger partial charge in [-0.15, -0.1) is 0 Å². The molecule has 0 saturated carbocycles. The fourth-order valence-electron chi connectivity index (χ4n) is 1.51. The van der Waals surface area contributed by atoms with Gasteiger partial charge < -0.3 is 4.74 Å². The number of fused-ring (bicyclic) bond motifs is 1. The predicted octanol–water partition coefficient (Wildman–Crippen LogP) is 1.79. The van der Waals surface area contributed by atoms with Gasteiger partial charge in [-0.25, -0.2) is 9.59 Å². The molecule has 18 heavy (non-hydrogen) atoms. The Hall–Kier alpha value is -1.65. The Balaban J connectivity index is 0.00000162. The van der Waals surface area contributed by atoms with Crippen molar-refractivity contribution in [1.29, 1.82) is 0 Å². The summed E-state index contributed by atoms with van der Waals surface area (Å²) in [5, 5.41) is 1.95. The van der Waals surface area contributed by atoms with Crippen LogP contribution in [0.1, 0.15) is 10.4 Å². The zero-order valence-corrected chi connectivity index (χ0v) is 9.05. The van der Waals surface area contributed by atoms with E-state index < -0.39 is 11.9 Å². The highest BCUT2D eigenvalue weighted by Gasteiger charge is 2.10. The Kier molecular flexibility index (Phi) is 5.06. The number of hydrogen-bond donors (Lipinski definition) is 0. The fourth-order valence-corrected chi connectivity index (χ4v) is 1.51. The number of esters is 2. The second-order valence-electron chi connectivity index (χ2n) is 3.47. The van der Waals surface area contributed by atoms with E-state index in [0.717, 1.165) is 16.8 Å². The smallest absolute Gasteiger partial charge is 0.346 e. The van der Waals surface area contributed by atoms with Gasteiger partial charge in [0.15, 0.2) is 0 Å². The van der Waals surface area contributed by atoms with Crippen LogP contribution in [0.15, 0.2) is 55.1 Å². The van der Waals surface area contributed by atoms with Crippen LogP contribution in [0.4, 0.5) is 0 Å². The van der Waals surface area contributed by atoms with Crippen LogP contribution in [-0.2, 0) is 9.53 Å². The Morgan fingerprint density at radius 3 is 2.39 bits per heavy atom. The summed E-state index contributed by atoms with van der Waals surface area (Å²) in [6.45, 7) is 3.23. The van der Waals surface area contributed by atoms with Gasteiger partial charge in [-0.1, -0.05) is 36.9 Å². The first-order chi connectivity index (χ1) is 8.20. The summed E-state index contributed by atoms with van der Waals surface area (Å²) in [5.41, 5.74) is 0.346. The number of rotatable bonds is 2. The maximum absolute atomic E-state index is 11.6. The van der Waals surface area contributed by atoms with E-state index in [1.807, 2.05) is 30.3 Å². The number of benzene rings is 2. The number of hydrogen-bond acceptors (Lipinski definition) is 3. The molecule has 0 aliphatic heterocycles. The van der Waals surface area contributed by atoms with Crippen molar-refractivity contribution in [3.8, 4) is 0 Å². The van der Waals surface area contributed by atoms with Gasteiger partial charge in [0.1, 0.15) is 0 Å². The van der Waals surface area contributed by atoms with Gasteiger partial charge in [0, 0.05) is 6.08 Å². The van der Waals surface area contributed by atoms with Crippen molar-refractivity contribution in [2.24, 2.45) is 0 Å². The standard InChI is InChI=1S/C14H10O3.Mg.2H/c1-2-13(15)17-14(16)12-8-7-10-5-3-4-6-11(10)9-12;;;/h2-9H,1H2;;;. The minimum atomic E-state index is -0.747. The minimum Gasteiger partial charge on any atom is -0.386 e. The number of carbonyl (C=O) groups excluding carboxylic acids is 2. The lowest BCUT2D eigenvalue weighted by molar-refractivity contribution is -0.132. The lowest BCUT2D eigenvalue weighted by Gasteiger charge is -2.02. The van der Waals surface area contributed by atoms with E-state index in [0.29, 0.717) is 5.56 Å². The largest absolute Gasteiger partial charge is 0.386 e. The Morgan fingerprint density at radius 2 is 1.72 bits per heavy atom. The molecule has 3 nitrogen and oxygen atoms in total. The van der Waals surface area contributed by atoms with Crippen molar-refractivity contribution >= 4 is 45.8 Å². The van der Waals surface area contributed by atoms with Crippen LogP contribution in [0.2, 0.25) is 0 Å². The van der Waals surface area contributed by atoms with Crippen LogP contribution in [0.5, 0.6) is 0 Å². The SMILES string of the molecule is C=CC(=O)OC(=O)c1ccc2ccccc2c1.[MgH2]. The molecule has 0 aliphatic rings. The van der Waals surface area contributed by atoms with E-state index >= 15 is 0 Å². The molecule has 0 aliphatic carbocycles. The van der Waals surface area contributed by atoms with Crippen molar-refractivity contribution < 1.29 is 14.3 Å². The predicted molar refractivity (Wildman–Crippen MR) is 73.1 cm³/mol. The maximum Gasteiger partial charge on any atom is 0.346 e. The average molecular weight is 253 g/mol. The van der Waals surface area contributed by atoms with E-state index in [-0.39, 0.29) is 23.1 Å². The molecule has 0 fully saturated rings. The Bertz CT molecular complexity index is 605.